The molecule has 2 aromatic heterocycles. The molecule has 0 aliphatic heterocycles. The summed E-state index contributed by atoms with van der Waals surface area (Å²) >= 11 is 1.29. The molecule has 0 spiro atoms. The number of aromatic nitrogens is 1. The highest BCUT2D eigenvalue weighted by atomic mass is 32.1. The van der Waals surface area contributed by atoms with Gasteiger partial charge in [-0.15, -0.1) is 0 Å². The lowest BCUT2D eigenvalue weighted by Crippen LogP contribution is -2.21. The molecule has 2 rings (SSSR count). The van der Waals surface area contributed by atoms with Gasteiger partial charge in [0.2, 0.25) is 0 Å². The van der Waals surface area contributed by atoms with Crippen molar-refractivity contribution in [2.24, 2.45) is 0 Å². The number of hydrogen-bond donors (Lipinski definition) is 1. The highest BCUT2D eigenvalue weighted by Crippen LogP contribution is 2.26. The van der Waals surface area contributed by atoms with Crippen molar-refractivity contribution in [3.05, 3.63) is 20.9 Å². The maximum absolute atomic E-state index is 12.3. The summed E-state index contributed by atoms with van der Waals surface area (Å²) in [5.74, 6) is -0.104. The van der Waals surface area contributed by atoms with Crippen LogP contribution in [0.1, 0.15) is 60.7 Å². The number of aryl methyl sites for hydroxylation is 1. The van der Waals surface area contributed by atoms with Gasteiger partial charge in [-0.1, -0.05) is 43.9 Å². The van der Waals surface area contributed by atoms with Crippen LogP contribution in [0.5, 0.6) is 0 Å². The zero-order chi connectivity index (χ0) is 18.4. The fourth-order valence-corrected chi connectivity index (χ4v) is 3.93. The molecule has 0 aliphatic rings. The van der Waals surface area contributed by atoms with E-state index in [1.165, 1.54) is 48.3 Å². The molecule has 138 valence electrons. The third-order valence-electron chi connectivity index (χ3n) is 4.19. The number of aromatic amines is 1. The van der Waals surface area contributed by atoms with Crippen LogP contribution in [-0.2, 0) is 0 Å². The van der Waals surface area contributed by atoms with E-state index < -0.39 is 5.63 Å². The van der Waals surface area contributed by atoms with Crippen LogP contribution < -0.4 is 15.9 Å². The number of H-pyrrole nitrogens is 1. The van der Waals surface area contributed by atoms with E-state index in [0.29, 0.717) is 26.7 Å². The minimum absolute atomic E-state index is 0.104. The molecule has 0 atom stereocenters. The Labute approximate surface area is 152 Å². The molecular formula is C18H28N3O3S+. The lowest BCUT2D eigenvalue weighted by molar-refractivity contribution is -0.341. The number of fused-ring (bicyclic) bond motifs is 1. The number of nitrogens with one attached hydrogen (secondary N) is 2. The molecule has 1 amide bonds. The van der Waals surface area contributed by atoms with E-state index in [1.807, 2.05) is 0 Å². The third kappa shape index (κ3) is 4.81. The Kier molecular flexibility index (Phi) is 6.99. The number of thiophene rings is 1. The molecule has 0 saturated heterocycles. The maximum atomic E-state index is 12.3. The summed E-state index contributed by atoms with van der Waals surface area (Å²) < 4.78 is 5.33. The first-order chi connectivity index (χ1) is 12.0. The molecule has 0 fully saturated rings. The quantitative estimate of drug-likeness (QED) is 0.690. The smallest absolute Gasteiger partial charge is 0.353 e. The summed E-state index contributed by atoms with van der Waals surface area (Å²) in [5, 5.41) is 3.60. The number of unbranched alkanes of at least 4 members (excludes halogenated alkanes) is 5. The first-order valence-electron chi connectivity index (χ1n) is 8.90. The van der Waals surface area contributed by atoms with Crippen molar-refractivity contribution in [2.45, 2.75) is 52.4 Å². The van der Waals surface area contributed by atoms with Gasteiger partial charge in [-0.2, -0.15) is 4.98 Å². The van der Waals surface area contributed by atoms with Gasteiger partial charge in [-0.05, 0) is 25.3 Å². The molecule has 2 heterocycles. The summed E-state index contributed by atoms with van der Waals surface area (Å²) in [7, 11) is 3.40. The predicted octanol–water partition coefficient (Wildman–Crippen LogP) is 3.45. The molecule has 2 N–H and O–H groups in total. The van der Waals surface area contributed by atoms with Crippen LogP contribution in [0.25, 0.3) is 10.2 Å². The minimum Gasteiger partial charge on any atom is -0.353 e. The predicted molar refractivity (Wildman–Crippen MR) is 102 cm³/mol. The summed E-state index contributed by atoms with van der Waals surface area (Å²) in [6.07, 6.45) is 7.25. The summed E-state index contributed by atoms with van der Waals surface area (Å²) in [4.78, 5) is 30.4. The van der Waals surface area contributed by atoms with Crippen LogP contribution in [0.4, 0.5) is 6.01 Å². The highest BCUT2D eigenvalue weighted by molar-refractivity contribution is 7.20. The fraction of sp³-hybridized carbons (Fsp3) is 0.611. The van der Waals surface area contributed by atoms with Crippen LogP contribution in [-0.4, -0.2) is 31.4 Å². The van der Waals surface area contributed by atoms with E-state index in [9.17, 15) is 9.59 Å². The van der Waals surface area contributed by atoms with E-state index in [2.05, 4.69) is 17.2 Å². The Hall–Kier alpha value is -1.89. The van der Waals surface area contributed by atoms with Gasteiger partial charge in [0.15, 0.2) is 4.83 Å². The molecule has 0 bridgehead atoms. The van der Waals surface area contributed by atoms with Gasteiger partial charge in [0.1, 0.15) is 10.3 Å². The zero-order valence-electron chi connectivity index (χ0n) is 15.5. The van der Waals surface area contributed by atoms with Gasteiger partial charge in [0.05, 0.1) is 6.54 Å². The van der Waals surface area contributed by atoms with Gasteiger partial charge < -0.3 is 9.32 Å². The lowest BCUT2D eigenvalue weighted by Gasteiger charge is -2.08. The number of hydrogen-bond acceptors (Lipinski definition) is 5. The van der Waals surface area contributed by atoms with Crippen LogP contribution in [0.15, 0.2) is 9.21 Å². The Morgan fingerprint density at radius 3 is 2.56 bits per heavy atom. The van der Waals surface area contributed by atoms with E-state index in [1.54, 1.807) is 21.0 Å². The van der Waals surface area contributed by atoms with Gasteiger partial charge >= 0.3 is 11.6 Å². The normalized spacial score (nSPS) is 11.0. The van der Waals surface area contributed by atoms with Crippen molar-refractivity contribution < 1.29 is 14.2 Å². The molecule has 2 aromatic rings. The topological polar surface area (TPSA) is 76.7 Å². The molecule has 0 radical (unpaired) electrons. The average Bonchev–Trinajstić information content (AvgIpc) is 2.90. The molecule has 25 heavy (non-hydrogen) atoms. The van der Waals surface area contributed by atoms with E-state index in [4.69, 9.17) is 4.42 Å². The average molecular weight is 367 g/mol. The Balaban J connectivity index is 2.06. The second kappa shape index (κ2) is 8.99. The first kappa shape index (κ1) is 19.4. The molecular weight excluding hydrogens is 338 g/mol. The molecule has 6 nitrogen and oxygen atoms in total. The lowest BCUT2D eigenvalue weighted by atomic mass is 10.1. The molecule has 0 unspecified atom stereocenters. The number of rotatable bonds is 9. The van der Waals surface area contributed by atoms with Crippen LogP contribution in [0.3, 0.4) is 0 Å². The number of anilines is 1. The largest absolute Gasteiger partial charge is 0.455 e. The second-order valence-electron chi connectivity index (χ2n) is 6.50. The Bertz CT molecular complexity index is 780. The SMILES string of the molecule is CCCCCCCCNc1[nH+]c2sc(C(=O)N(C)C)c(C)c2c(=O)o1. The highest BCUT2D eigenvalue weighted by Gasteiger charge is 2.23. The van der Waals surface area contributed by atoms with Gasteiger partial charge in [-0.3, -0.25) is 4.79 Å². The van der Waals surface area contributed by atoms with Crippen molar-refractivity contribution in [2.75, 3.05) is 26.0 Å². The molecule has 0 aromatic carbocycles. The number of carbonyl (C=O) groups excluding carboxylic acids is 1. The monoisotopic (exact) mass is 366 g/mol. The number of amides is 1. The minimum atomic E-state index is -0.411. The standard InChI is InChI=1S/C18H27N3O3S/c1-5-6-7-8-9-10-11-19-18-20-15-13(17(23)24-18)12(2)14(25-15)16(22)21(3)4/h5-11H2,1-4H3,(H,19,20)/p+1. The van der Waals surface area contributed by atoms with Crippen LogP contribution in [0, 0.1) is 6.92 Å². The summed E-state index contributed by atoms with van der Waals surface area (Å²) in [6, 6.07) is 0.358. The van der Waals surface area contributed by atoms with Crippen molar-refractivity contribution in [1.82, 2.24) is 4.90 Å². The van der Waals surface area contributed by atoms with E-state index in [0.717, 1.165) is 13.0 Å². The van der Waals surface area contributed by atoms with Crippen LogP contribution in [0.2, 0.25) is 0 Å². The fourth-order valence-electron chi connectivity index (χ4n) is 2.71. The van der Waals surface area contributed by atoms with Crippen molar-refractivity contribution in [3.8, 4) is 0 Å². The first-order valence-corrected chi connectivity index (χ1v) is 9.72. The number of nitrogens with zero attached hydrogens (tertiary/aromatic N) is 1. The zero-order valence-corrected chi connectivity index (χ0v) is 16.3. The molecule has 0 saturated carbocycles. The van der Waals surface area contributed by atoms with Gasteiger partial charge in [0, 0.05) is 14.1 Å². The summed E-state index contributed by atoms with van der Waals surface area (Å²) in [6.45, 7) is 4.74. The van der Waals surface area contributed by atoms with Crippen molar-refractivity contribution in [3.63, 3.8) is 0 Å². The maximum Gasteiger partial charge on any atom is 0.455 e. The number of carbonyl (C=O) groups is 1. The van der Waals surface area contributed by atoms with E-state index in [-0.39, 0.29) is 5.91 Å². The van der Waals surface area contributed by atoms with E-state index >= 15 is 0 Å². The summed E-state index contributed by atoms with van der Waals surface area (Å²) in [5.41, 5.74) is 0.261. The Morgan fingerprint density at radius 2 is 1.88 bits per heavy atom. The van der Waals surface area contributed by atoms with Crippen molar-refractivity contribution in [1.29, 1.82) is 0 Å². The van der Waals surface area contributed by atoms with Gasteiger partial charge in [0.25, 0.3) is 5.91 Å². The Morgan fingerprint density at radius 1 is 1.20 bits per heavy atom. The molecule has 7 heteroatoms. The van der Waals surface area contributed by atoms with Gasteiger partial charge in [-0.25, -0.2) is 10.1 Å². The molecule has 0 aliphatic carbocycles. The second-order valence-corrected chi connectivity index (χ2v) is 7.52. The van der Waals surface area contributed by atoms with Crippen molar-refractivity contribution >= 4 is 33.5 Å². The van der Waals surface area contributed by atoms with Crippen LogP contribution >= 0.6 is 11.3 Å². The third-order valence-corrected chi connectivity index (χ3v) is 5.38.